The molecule has 1 aliphatic heterocycles. The van der Waals surface area contributed by atoms with Gasteiger partial charge in [0.15, 0.2) is 0 Å². The summed E-state index contributed by atoms with van der Waals surface area (Å²) in [6.07, 6.45) is 2.89. The van der Waals surface area contributed by atoms with Crippen LogP contribution in [0.25, 0.3) is 0 Å². The van der Waals surface area contributed by atoms with E-state index in [1.165, 1.54) is 18.4 Å². The summed E-state index contributed by atoms with van der Waals surface area (Å²) in [5, 5.41) is 0. The third kappa shape index (κ3) is 1.28. The number of hydrogen-bond acceptors (Lipinski definition) is 2. The van der Waals surface area contributed by atoms with Gasteiger partial charge < -0.3 is 10.6 Å². The molecule has 3 heteroatoms. The fraction of sp³-hybridized carbons (Fsp3) is 0.462. The first kappa shape index (κ1) is 9.85. The molecule has 2 aliphatic rings. The molecule has 0 aromatic heterocycles. The molecule has 0 unspecified atom stereocenters. The summed E-state index contributed by atoms with van der Waals surface area (Å²) in [6.45, 7) is 1.30. The number of amides is 1. The second kappa shape index (κ2) is 3.32. The van der Waals surface area contributed by atoms with Crippen molar-refractivity contribution in [3.63, 3.8) is 0 Å². The van der Waals surface area contributed by atoms with Gasteiger partial charge in [0.05, 0.1) is 0 Å². The van der Waals surface area contributed by atoms with Crippen molar-refractivity contribution < 1.29 is 4.79 Å². The predicted octanol–water partition coefficient (Wildman–Crippen LogP) is 1.41. The van der Waals surface area contributed by atoms with E-state index in [0.717, 1.165) is 12.2 Å². The Morgan fingerprint density at radius 2 is 2.12 bits per heavy atom. The topological polar surface area (TPSA) is 46.3 Å². The van der Waals surface area contributed by atoms with Gasteiger partial charge in [-0.2, -0.15) is 0 Å². The standard InChI is InChI=1S/C13H16N2O/c14-8-5-12(16)15-9-13(6-7-13)10-3-1-2-4-11(10)15/h1-4H,5-9,14H2. The van der Waals surface area contributed by atoms with Crippen LogP contribution in [0.4, 0.5) is 5.69 Å². The Morgan fingerprint density at radius 1 is 1.38 bits per heavy atom. The molecular weight excluding hydrogens is 200 g/mol. The zero-order valence-electron chi connectivity index (χ0n) is 9.28. The van der Waals surface area contributed by atoms with E-state index in [9.17, 15) is 4.79 Å². The minimum atomic E-state index is 0.165. The zero-order chi connectivity index (χ0) is 11.2. The molecule has 1 aromatic carbocycles. The smallest absolute Gasteiger partial charge is 0.228 e. The number of hydrogen-bond donors (Lipinski definition) is 1. The molecule has 16 heavy (non-hydrogen) atoms. The van der Waals surface area contributed by atoms with Crippen molar-refractivity contribution >= 4 is 11.6 Å². The molecule has 1 saturated carbocycles. The second-order valence-corrected chi connectivity index (χ2v) is 4.82. The van der Waals surface area contributed by atoms with Gasteiger partial charge in [-0.3, -0.25) is 4.79 Å². The molecular formula is C13H16N2O. The molecule has 1 aromatic rings. The molecule has 2 N–H and O–H groups in total. The van der Waals surface area contributed by atoms with Crippen LogP contribution in [-0.4, -0.2) is 19.0 Å². The Bertz CT molecular complexity index is 437. The van der Waals surface area contributed by atoms with Crippen molar-refractivity contribution in [3.8, 4) is 0 Å². The van der Waals surface area contributed by atoms with Gasteiger partial charge in [0, 0.05) is 30.6 Å². The highest BCUT2D eigenvalue weighted by Crippen LogP contribution is 2.56. The highest BCUT2D eigenvalue weighted by Gasteiger charge is 2.52. The van der Waals surface area contributed by atoms with Crippen LogP contribution in [0.1, 0.15) is 24.8 Å². The molecule has 1 aliphatic carbocycles. The highest BCUT2D eigenvalue weighted by atomic mass is 16.2. The SMILES string of the molecule is NCCC(=O)N1CC2(CC2)c2ccccc21. The average molecular weight is 216 g/mol. The van der Waals surface area contributed by atoms with Crippen molar-refractivity contribution in [3.05, 3.63) is 29.8 Å². The van der Waals surface area contributed by atoms with Crippen LogP contribution in [0.2, 0.25) is 0 Å². The predicted molar refractivity (Wildman–Crippen MR) is 63.4 cm³/mol. The van der Waals surface area contributed by atoms with Crippen molar-refractivity contribution in [1.82, 2.24) is 0 Å². The minimum absolute atomic E-state index is 0.165. The van der Waals surface area contributed by atoms with Gasteiger partial charge in [-0.25, -0.2) is 0 Å². The lowest BCUT2D eigenvalue weighted by Crippen LogP contribution is -2.32. The summed E-state index contributed by atoms with van der Waals surface area (Å²) in [5.41, 5.74) is 8.22. The Balaban J connectivity index is 1.97. The van der Waals surface area contributed by atoms with Crippen LogP contribution in [0.3, 0.4) is 0 Å². The number of nitrogens with zero attached hydrogens (tertiary/aromatic N) is 1. The van der Waals surface area contributed by atoms with Crippen LogP contribution in [0, 0.1) is 0 Å². The first-order valence-electron chi connectivity index (χ1n) is 5.87. The molecule has 3 rings (SSSR count). The summed E-state index contributed by atoms with van der Waals surface area (Å²) in [4.78, 5) is 13.9. The summed E-state index contributed by atoms with van der Waals surface area (Å²) in [5.74, 6) is 0.165. The average Bonchev–Trinajstić information content (AvgIpc) is 2.99. The van der Waals surface area contributed by atoms with E-state index in [4.69, 9.17) is 5.73 Å². The van der Waals surface area contributed by atoms with Crippen molar-refractivity contribution in [1.29, 1.82) is 0 Å². The first-order valence-corrected chi connectivity index (χ1v) is 5.87. The van der Waals surface area contributed by atoms with E-state index in [1.54, 1.807) is 0 Å². The largest absolute Gasteiger partial charge is 0.330 e. The molecule has 0 saturated heterocycles. The summed E-state index contributed by atoms with van der Waals surface area (Å²) in [7, 11) is 0. The van der Waals surface area contributed by atoms with E-state index in [2.05, 4.69) is 18.2 Å². The number of benzene rings is 1. The van der Waals surface area contributed by atoms with E-state index in [-0.39, 0.29) is 5.91 Å². The van der Waals surface area contributed by atoms with Gasteiger partial charge in [0.1, 0.15) is 0 Å². The number of anilines is 1. The molecule has 0 radical (unpaired) electrons. The summed E-state index contributed by atoms with van der Waals surface area (Å²) in [6, 6.07) is 8.29. The second-order valence-electron chi connectivity index (χ2n) is 4.82. The van der Waals surface area contributed by atoms with E-state index in [1.807, 2.05) is 11.0 Å². The van der Waals surface area contributed by atoms with Crippen molar-refractivity contribution in [2.75, 3.05) is 18.0 Å². The monoisotopic (exact) mass is 216 g/mol. The van der Waals surface area contributed by atoms with Crippen molar-refractivity contribution in [2.45, 2.75) is 24.7 Å². The van der Waals surface area contributed by atoms with Crippen molar-refractivity contribution in [2.24, 2.45) is 5.73 Å². The van der Waals surface area contributed by atoms with Gasteiger partial charge >= 0.3 is 0 Å². The zero-order valence-corrected chi connectivity index (χ0v) is 9.28. The fourth-order valence-corrected chi connectivity index (χ4v) is 2.69. The number of carbonyl (C=O) groups is 1. The molecule has 84 valence electrons. The Labute approximate surface area is 95.2 Å². The Morgan fingerprint density at radius 3 is 2.81 bits per heavy atom. The van der Waals surface area contributed by atoms with Crippen LogP contribution in [-0.2, 0) is 10.2 Å². The molecule has 0 atom stereocenters. The minimum Gasteiger partial charge on any atom is -0.330 e. The molecule has 1 spiro atoms. The van der Waals surface area contributed by atoms with Crippen LogP contribution in [0.15, 0.2) is 24.3 Å². The molecule has 1 heterocycles. The maximum absolute atomic E-state index is 12.0. The van der Waals surface area contributed by atoms with Gasteiger partial charge in [-0.1, -0.05) is 18.2 Å². The molecule has 1 amide bonds. The third-order valence-corrected chi connectivity index (χ3v) is 3.74. The summed E-state index contributed by atoms with van der Waals surface area (Å²) < 4.78 is 0. The third-order valence-electron chi connectivity index (χ3n) is 3.74. The van der Waals surface area contributed by atoms with E-state index in [0.29, 0.717) is 18.4 Å². The fourth-order valence-electron chi connectivity index (χ4n) is 2.69. The number of para-hydroxylation sites is 1. The number of carbonyl (C=O) groups excluding carboxylic acids is 1. The lowest BCUT2D eigenvalue weighted by atomic mass is 9.99. The molecule has 1 fully saturated rings. The van der Waals surface area contributed by atoms with Gasteiger partial charge in [-0.05, 0) is 24.5 Å². The lowest BCUT2D eigenvalue weighted by Gasteiger charge is -2.17. The van der Waals surface area contributed by atoms with E-state index < -0.39 is 0 Å². The maximum Gasteiger partial charge on any atom is 0.228 e. The maximum atomic E-state index is 12.0. The van der Waals surface area contributed by atoms with E-state index >= 15 is 0 Å². The van der Waals surface area contributed by atoms with Crippen LogP contribution in [0.5, 0.6) is 0 Å². The summed E-state index contributed by atoms with van der Waals surface area (Å²) >= 11 is 0. The van der Waals surface area contributed by atoms with Gasteiger partial charge in [0.25, 0.3) is 0 Å². The normalized spacial score (nSPS) is 19.9. The number of nitrogens with two attached hydrogens (primary N) is 1. The highest BCUT2D eigenvalue weighted by molar-refractivity contribution is 5.96. The lowest BCUT2D eigenvalue weighted by molar-refractivity contribution is -0.118. The quantitative estimate of drug-likeness (QED) is 0.812. The van der Waals surface area contributed by atoms with Crippen LogP contribution >= 0.6 is 0 Å². The molecule has 0 bridgehead atoms. The Kier molecular flexibility index (Phi) is 2.04. The molecule has 3 nitrogen and oxygen atoms in total. The number of fused-ring (bicyclic) bond motifs is 2. The van der Waals surface area contributed by atoms with Crippen LogP contribution < -0.4 is 10.6 Å². The van der Waals surface area contributed by atoms with Gasteiger partial charge in [0.2, 0.25) is 5.91 Å². The Hall–Kier alpha value is -1.35. The number of rotatable bonds is 2. The van der Waals surface area contributed by atoms with Gasteiger partial charge in [-0.15, -0.1) is 0 Å². The first-order chi connectivity index (χ1) is 7.77.